The molecule has 0 bridgehead atoms. The van der Waals surface area contributed by atoms with Gasteiger partial charge in [0.1, 0.15) is 11.8 Å². The van der Waals surface area contributed by atoms with E-state index in [2.05, 4.69) is 58.5 Å². The van der Waals surface area contributed by atoms with Crippen molar-refractivity contribution in [1.29, 1.82) is 0 Å². The molecule has 0 aliphatic heterocycles. The molecule has 2 nitrogen and oxygen atoms in total. The molecular weight excluding hydrogens is 334 g/mol. The summed E-state index contributed by atoms with van der Waals surface area (Å²) in [7, 11) is 0. The first-order chi connectivity index (χ1) is 9.78. The standard InChI is InChI=1S/C16H16BrNOS/c1-2-9-18-16(12-7-8-15(17)19-12)14-10-11-5-3-4-6-13(11)20-14/h3-8,10,16,18H,2,9H2,1H3. The van der Waals surface area contributed by atoms with Gasteiger partial charge in [-0.15, -0.1) is 11.3 Å². The van der Waals surface area contributed by atoms with Crippen molar-refractivity contribution in [1.82, 2.24) is 5.32 Å². The van der Waals surface area contributed by atoms with Gasteiger partial charge < -0.3 is 9.73 Å². The average Bonchev–Trinajstić information content (AvgIpc) is 3.05. The molecule has 1 unspecified atom stereocenters. The van der Waals surface area contributed by atoms with Crippen LogP contribution in [0.1, 0.15) is 30.0 Å². The van der Waals surface area contributed by atoms with Crippen LogP contribution in [0.15, 0.2) is 51.6 Å². The molecule has 0 aliphatic carbocycles. The van der Waals surface area contributed by atoms with E-state index in [0.717, 1.165) is 23.4 Å². The predicted octanol–water partition coefficient (Wildman–Crippen LogP) is 5.35. The van der Waals surface area contributed by atoms with Gasteiger partial charge in [0, 0.05) is 9.58 Å². The van der Waals surface area contributed by atoms with Crippen molar-refractivity contribution in [2.75, 3.05) is 6.54 Å². The van der Waals surface area contributed by atoms with E-state index >= 15 is 0 Å². The van der Waals surface area contributed by atoms with Gasteiger partial charge in [0.25, 0.3) is 0 Å². The van der Waals surface area contributed by atoms with Crippen LogP contribution in [0.3, 0.4) is 0 Å². The highest BCUT2D eigenvalue weighted by molar-refractivity contribution is 9.10. The molecule has 0 spiro atoms. The Morgan fingerprint density at radius 3 is 2.80 bits per heavy atom. The molecule has 1 atom stereocenters. The molecule has 0 saturated carbocycles. The number of hydrogen-bond donors (Lipinski definition) is 1. The summed E-state index contributed by atoms with van der Waals surface area (Å²) in [6.45, 7) is 3.14. The molecule has 1 aromatic carbocycles. The zero-order valence-corrected chi connectivity index (χ0v) is 13.6. The first-order valence-electron chi connectivity index (χ1n) is 6.75. The molecule has 2 heterocycles. The van der Waals surface area contributed by atoms with Gasteiger partial charge in [0.2, 0.25) is 0 Å². The topological polar surface area (TPSA) is 25.2 Å². The highest BCUT2D eigenvalue weighted by Gasteiger charge is 2.19. The summed E-state index contributed by atoms with van der Waals surface area (Å²) in [4.78, 5) is 1.29. The fourth-order valence-electron chi connectivity index (χ4n) is 2.26. The molecule has 0 saturated heterocycles. The Labute approximate surface area is 130 Å². The van der Waals surface area contributed by atoms with Crippen LogP contribution < -0.4 is 5.32 Å². The lowest BCUT2D eigenvalue weighted by atomic mass is 10.1. The third-order valence-corrected chi connectivity index (χ3v) is 4.81. The van der Waals surface area contributed by atoms with Crippen molar-refractivity contribution in [3.05, 3.63) is 57.8 Å². The van der Waals surface area contributed by atoms with Crippen molar-refractivity contribution in [2.24, 2.45) is 0 Å². The molecule has 0 amide bonds. The highest BCUT2D eigenvalue weighted by atomic mass is 79.9. The van der Waals surface area contributed by atoms with Crippen molar-refractivity contribution in [2.45, 2.75) is 19.4 Å². The second kappa shape index (κ2) is 6.12. The van der Waals surface area contributed by atoms with Crippen molar-refractivity contribution < 1.29 is 4.42 Å². The van der Waals surface area contributed by atoms with Crippen molar-refractivity contribution in [3.8, 4) is 0 Å². The van der Waals surface area contributed by atoms with Gasteiger partial charge in [-0.3, -0.25) is 0 Å². The normalized spacial score (nSPS) is 12.9. The van der Waals surface area contributed by atoms with Crippen molar-refractivity contribution >= 4 is 37.4 Å². The summed E-state index contributed by atoms with van der Waals surface area (Å²) in [6.07, 6.45) is 1.10. The van der Waals surface area contributed by atoms with E-state index < -0.39 is 0 Å². The van der Waals surface area contributed by atoms with E-state index in [1.165, 1.54) is 15.0 Å². The smallest absolute Gasteiger partial charge is 0.169 e. The van der Waals surface area contributed by atoms with E-state index in [1.807, 2.05) is 23.5 Å². The maximum Gasteiger partial charge on any atom is 0.169 e. The van der Waals surface area contributed by atoms with Crippen LogP contribution >= 0.6 is 27.3 Å². The molecule has 0 fully saturated rings. The number of benzene rings is 1. The summed E-state index contributed by atoms with van der Waals surface area (Å²) in [5.74, 6) is 0.955. The molecule has 3 rings (SSSR count). The largest absolute Gasteiger partial charge is 0.452 e. The summed E-state index contributed by atoms with van der Waals surface area (Å²) in [5, 5.41) is 4.87. The molecule has 0 radical (unpaired) electrons. The Bertz CT molecular complexity index is 670. The second-order valence-electron chi connectivity index (χ2n) is 4.72. The minimum absolute atomic E-state index is 0.124. The highest BCUT2D eigenvalue weighted by Crippen LogP contribution is 2.34. The average molecular weight is 350 g/mol. The summed E-state index contributed by atoms with van der Waals surface area (Å²) >= 11 is 5.21. The lowest BCUT2D eigenvalue weighted by molar-refractivity contribution is 0.436. The molecule has 2 aromatic heterocycles. The van der Waals surface area contributed by atoms with Crippen LogP contribution in [-0.2, 0) is 0 Å². The van der Waals surface area contributed by atoms with Gasteiger partial charge in [0.05, 0.1) is 0 Å². The molecule has 20 heavy (non-hydrogen) atoms. The second-order valence-corrected chi connectivity index (χ2v) is 6.61. The van der Waals surface area contributed by atoms with Crippen LogP contribution in [0.5, 0.6) is 0 Å². The van der Waals surface area contributed by atoms with Crippen molar-refractivity contribution in [3.63, 3.8) is 0 Å². The Morgan fingerprint density at radius 1 is 1.25 bits per heavy atom. The number of fused-ring (bicyclic) bond motifs is 1. The third kappa shape index (κ3) is 2.82. The van der Waals surface area contributed by atoms with Crippen LogP contribution in [-0.4, -0.2) is 6.54 Å². The molecule has 1 N–H and O–H groups in total. The van der Waals surface area contributed by atoms with Gasteiger partial charge in [0.15, 0.2) is 4.67 Å². The maximum atomic E-state index is 5.75. The Morgan fingerprint density at radius 2 is 2.10 bits per heavy atom. The summed E-state index contributed by atoms with van der Waals surface area (Å²) in [6, 6.07) is 14.8. The fraction of sp³-hybridized carbons (Fsp3) is 0.250. The molecule has 4 heteroatoms. The number of thiophene rings is 1. The Hall–Kier alpha value is -1.10. The van der Waals surface area contributed by atoms with Gasteiger partial charge in [-0.25, -0.2) is 0 Å². The Kier molecular flexibility index (Phi) is 4.24. The zero-order valence-electron chi connectivity index (χ0n) is 11.2. The van der Waals surface area contributed by atoms with E-state index in [9.17, 15) is 0 Å². The number of rotatable bonds is 5. The molecule has 0 aliphatic rings. The SMILES string of the molecule is CCCNC(c1ccc(Br)o1)c1cc2ccccc2s1. The van der Waals surface area contributed by atoms with Gasteiger partial charge in [-0.2, -0.15) is 0 Å². The zero-order chi connectivity index (χ0) is 13.9. The quantitative estimate of drug-likeness (QED) is 0.671. The van der Waals surface area contributed by atoms with Gasteiger partial charge in [-0.1, -0.05) is 25.1 Å². The van der Waals surface area contributed by atoms with E-state index in [-0.39, 0.29) is 6.04 Å². The number of hydrogen-bond acceptors (Lipinski definition) is 3. The summed E-state index contributed by atoms with van der Waals surface area (Å²) < 4.78 is 7.84. The number of halogens is 1. The first kappa shape index (κ1) is 13.9. The van der Waals surface area contributed by atoms with Crippen LogP contribution in [0.4, 0.5) is 0 Å². The van der Waals surface area contributed by atoms with Crippen LogP contribution in [0.25, 0.3) is 10.1 Å². The minimum Gasteiger partial charge on any atom is -0.452 e. The lowest BCUT2D eigenvalue weighted by Crippen LogP contribution is -2.21. The number of nitrogens with one attached hydrogen (secondary N) is 1. The molecular formula is C16H16BrNOS. The molecule has 3 aromatic rings. The van der Waals surface area contributed by atoms with Gasteiger partial charge >= 0.3 is 0 Å². The predicted molar refractivity (Wildman–Crippen MR) is 88.4 cm³/mol. The van der Waals surface area contributed by atoms with Crippen LogP contribution in [0.2, 0.25) is 0 Å². The van der Waals surface area contributed by atoms with E-state index in [4.69, 9.17) is 4.42 Å². The number of furan rings is 1. The fourth-order valence-corrected chi connectivity index (χ4v) is 3.73. The lowest BCUT2D eigenvalue weighted by Gasteiger charge is -2.14. The maximum absolute atomic E-state index is 5.75. The first-order valence-corrected chi connectivity index (χ1v) is 8.36. The minimum atomic E-state index is 0.124. The third-order valence-electron chi connectivity index (χ3n) is 3.21. The van der Waals surface area contributed by atoms with Crippen LogP contribution in [0, 0.1) is 0 Å². The van der Waals surface area contributed by atoms with E-state index in [1.54, 1.807) is 0 Å². The van der Waals surface area contributed by atoms with Gasteiger partial charge in [-0.05, 0) is 58.5 Å². The summed E-state index contributed by atoms with van der Waals surface area (Å²) in [5.41, 5.74) is 0. The molecule has 104 valence electrons. The van der Waals surface area contributed by atoms with E-state index in [0.29, 0.717) is 0 Å². The monoisotopic (exact) mass is 349 g/mol. The Balaban J connectivity index is 1.99.